The Kier molecular flexibility index (Phi) is 6.66. The lowest BCUT2D eigenvalue weighted by Crippen LogP contribution is -2.63. The second-order valence-electron chi connectivity index (χ2n) is 10.9. The van der Waals surface area contributed by atoms with Crippen LogP contribution in [-0.2, 0) is 23.8 Å². The van der Waals surface area contributed by atoms with Gasteiger partial charge in [0, 0.05) is 16.7 Å². The average Bonchev–Trinajstić information content (AvgIpc) is 3.04. The smallest absolute Gasteiger partial charge is 0.461 e. The summed E-state index contributed by atoms with van der Waals surface area (Å²) in [5, 5.41) is 11.6. The van der Waals surface area contributed by atoms with Gasteiger partial charge < -0.3 is 19.3 Å². The minimum absolute atomic E-state index is 0.00509. The lowest BCUT2D eigenvalue weighted by Gasteiger charge is -2.59. The van der Waals surface area contributed by atoms with Crippen molar-refractivity contribution in [1.82, 2.24) is 0 Å². The van der Waals surface area contributed by atoms with E-state index in [1.807, 2.05) is 13.0 Å². The summed E-state index contributed by atoms with van der Waals surface area (Å²) < 4.78 is 16.5. The number of halogens is 1. The second-order valence-corrected chi connectivity index (χ2v) is 11.3. The number of carbonyl (C=O) groups excluding carboxylic acids is 3. The van der Waals surface area contributed by atoms with Gasteiger partial charge in [0.25, 0.3) is 0 Å². The molecule has 3 saturated carbocycles. The first-order chi connectivity index (χ1) is 16.0. The van der Waals surface area contributed by atoms with E-state index in [0.29, 0.717) is 12.8 Å². The van der Waals surface area contributed by atoms with Gasteiger partial charge in [0.1, 0.15) is 6.61 Å². The SMILES string of the molecule is CC(C)OC(=O)O[C@]1(C(=O)OCCCl)CC[C@H]2[C@@H]3CCC4=CC(=O)C=C[C@]4(C)[C@H]3[C@@H](O)C[C@@]21C. The molecular weight excluding hydrogens is 460 g/mol. The molecule has 34 heavy (non-hydrogen) atoms. The van der Waals surface area contributed by atoms with E-state index in [9.17, 15) is 19.5 Å². The number of fused-ring (bicyclic) bond motifs is 5. The molecule has 3 fully saturated rings. The number of esters is 1. The molecule has 4 aliphatic rings. The highest BCUT2D eigenvalue weighted by Gasteiger charge is 2.71. The van der Waals surface area contributed by atoms with Crippen LogP contribution >= 0.6 is 11.6 Å². The summed E-state index contributed by atoms with van der Waals surface area (Å²) in [4.78, 5) is 38.1. The third kappa shape index (κ3) is 3.79. The van der Waals surface area contributed by atoms with Gasteiger partial charge in [-0.05, 0) is 69.9 Å². The van der Waals surface area contributed by atoms with Crippen molar-refractivity contribution in [2.45, 2.75) is 77.6 Å². The Morgan fingerprint density at radius 2 is 2.00 bits per heavy atom. The number of aliphatic hydroxyl groups is 1. The van der Waals surface area contributed by atoms with Gasteiger partial charge in [-0.1, -0.05) is 25.5 Å². The standard InChI is InChI=1S/C26H35ClO7/c1-15(2)33-23(31)34-26(22(30)32-12-11-27)10-8-19-18-6-5-16-13-17(28)7-9-24(16,3)21(18)20(29)14-25(19,26)4/h7,9,13,15,18-21,29H,5-6,8,10-12,14H2,1-4H3/t18-,19-,20-,21+,24-,25-,26-/m0/s1. The van der Waals surface area contributed by atoms with E-state index in [0.717, 1.165) is 18.4 Å². The number of ketones is 1. The van der Waals surface area contributed by atoms with Crippen LogP contribution in [0.4, 0.5) is 4.79 Å². The molecule has 4 aliphatic carbocycles. The summed E-state index contributed by atoms with van der Waals surface area (Å²) in [6.45, 7) is 7.46. The summed E-state index contributed by atoms with van der Waals surface area (Å²) >= 11 is 5.76. The number of rotatable bonds is 5. The summed E-state index contributed by atoms with van der Waals surface area (Å²) in [7, 11) is 0. The maximum atomic E-state index is 13.4. The molecule has 0 saturated heterocycles. The molecule has 0 heterocycles. The van der Waals surface area contributed by atoms with Crippen LogP contribution in [0.2, 0.25) is 0 Å². The maximum Gasteiger partial charge on any atom is 0.509 e. The number of allylic oxidation sites excluding steroid dienone is 4. The van der Waals surface area contributed by atoms with Gasteiger partial charge in [-0.25, -0.2) is 9.59 Å². The molecule has 1 N–H and O–H groups in total. The lowest BCUT2D eigenvalue weighted by atomic mass is 9.46. The molecule has 7 atom stereocenters. The van der Waals surface area contributed by atoms with Crippen LogP contribution in [0.1, 0.15) is 59.8 Å². The Morgan fingerprint density at radius 1 is 1.26 bits per heavy atom. The molecule has 8 heteroatoms. The zero-order valence-electron chi connectivity index (χ0n) is 20.3. The number of ether oxygens (including phenoxy) is 3. The fraction of sp³-hybridized carbons (Fsp3) is 0.731. The normalized spacial score (nSPS) is 40.7. The Balaban J connectivity index is 1.71. The van der Waals surface area contributed by atoms with E-state index >= 15 is 0 Å². The van der Waals surface area contributed by atoms with Crippen molar-refractivity contribution >= 4 is 29.5 Å². The molecule has 4 rings (SSSR count). The molecular formula is C26H35ClO7. The topological polar surface area (TPSA) is 99.1 Å². The van der Waals surface area contributed by atoms with Crippen LogP contribution in [0.5, 0.6) is 0 Å². The molecule has 0 aromatic rings. The van der Waals surface area contributed by atoms with Gasteiger partial charge >= 0.3 is 12.1 Å². The van der Waals surface area contributed by atoms with Crippen molar-refractivity contribution in [2.75, 3.05) is 12.5 Å². The van der Waals surface area contributed by atoms with Crippen LogP contribution in [0.25, 0.3) is 0 Å². The fourth-order valence-corrected chi connectivity index (χ4v) is 7.54. The first-order valence-corrected chi connectivity index (χ1v) is 12.8. The van der Waals surface area contributed by atoms with E-state index in [4.69, 9.17) is 25.8 Å². The van der Waals surface area contributed by atoms with Gasteiger partial charge in [0.05, 0.1) is 18.1 Å². The molecule has 0 bridgehead atoms. The van der Waals surface area contributed by atoms with Gasteiger partial charge in [0.2, 0.25) is 5.60 Å². The van der Waals surface area contributed by atoms with Crippen molar-refractivity contribution in [3.8, 4) is 0 Å². The zero-order valence-corrected chi connectivity index (χ0v) is 21.1. The van der Waals surface area contributed by atoms with Crippen LogP contribution in [0.15, 0.2) is 23.8 Å². The summed E-state index contributed by atoms with van der Waals surface area (Å²) in [5.74, 6) is -0.478. The number of carbonyl (C=O) groups is 3. The van der Waals surface area contributed by atoms with Crippen molar-refractivity contribution < 1.29 is 33.7 Å². The molecule has 0 spiro atoms. The van der Waals surface area contributed by atoms with E-state index in [1.165, 1.54) is 0 Å². The predicted octanol–water partition coefficient (Wildman–Crippen LogP) is 4.35. The number of alkyl halides is 1. The molecule has 7 nitrogen and oxygen atoms in total. The third-order valence-electron chi connectivity index (χ3n) is 8.85. The second kappa shape index (κ2) is 8.98. The van der Waals surface area contributed by atoms with Crippen molar-refractivity contribution in [1.29, 1.82) is 0 Å². The fourth-order valence-electron chi connectivity index (χ4n) is 7.46. The zero-order chi connectivity index (χ0) is 24.9. The highest BCUT2D eigenvalue weighted by Crippen LogP contribution is 2.68. The number of aliphatic hydroxyl groups excluding tert-OH is 1. The Hall–Kier alpha value is -1.86. The molecule has 188 valence electrons. The molecule has 0 aromatic heterocycles. The minimum Gasteiger partial charge on any atom is -0.461 e. The Labute approximate surface area is 205 Å². The van der Waals surface area contributed by atoms with E-state index in [1.54, 1.807) is 26.0 Å². The Bertz CT molecular complexity index is 926. The van der Waals surface area contributed by atoms with Gasteiger partial charge in [0.15, 0.2) is 5.78 Å². The predicted molar refractivity (Wildman–Crippen MR) is 125 cm³/mol. The summed E-state index contributed by atoms with van der Waals surface area (Å²) in [6, 6.07) is 0. The molecule has 0 aliphatic heterocycles. The highest BCUT2D eigenvalue weighted by atomic mass is 35.5. The van der Waals surface area contributed by atoms with Crippen molar-refractivity contribution in [2.24, 2.45) is 28.6 Å². The highest BCUT2D eigenvalue weighted by molar-refractivity contribution is 6.18. The minimum atomic E-state index is -1.56. The maximum absolute atomic E-state index is 13.4. The summed E-state index contributed by atoms with van der Waals surface area (Å²) in [6.07, 6.45) is 5.98. The van der Waals surface area contributed by atoms with Gasteiger partial charge in [-0.3, -0.25) is 4.79 Å². The Morgan fingerprint density at radius 3 is 2.68 bits per heavy atom. The average molecular weight is 495 g/mol. The van der Waals surface area contributed by atoms with E-state index in [-0.39, 0.29) is 42.4 Å². The molecule has 0 radical (unpaired) electrons. The quantitative estimate of drug-likeness (QED) is 0.448. The molecule has 0 unspecified atom stereocenters. The van der Waals surface area contributed by atoms with Crippen LogP contribution in [-0.4, -0.2) is 53.3 Å². The van der Waals surface area contributed by atoms with Gasteiger partial charge in [-0.2, -0.15) is 0 Å². The van der Waals surface area contributed by atoms with E-state index in [2.05, 4.69) is 6.92 Å². The van der Waals surface area contributed by atoms with Crippen molar-refractivity contribution in [3.63, 3.8) is 0 Å². The first-order valence-electron chi connectivity index (χ1n) is 12.2. The number of hydrogen-bond acceptors (Lipinski definition) is 7. The summed E-state index contributed by atoms with van der Waals surface area (Å²) in [5.41, 5.74) is -1.75. The largest absolute Gasteiger partial charge is 0.509 e. The first kappa shape index (κ1) is 25.2. The monoisotopic (exact) mass is 494 g/mol. The van der Waals surface area contributed by atoms with Crippen LogP contribution < -0.4 is 0 Å². The van der Waals surface area contributed by atoms with Gasteiger partial charge in [-0.15, -0.1) is 11.6 Å². The van der Waals surface area contributed by atoms with Crippen LogP contribution in [0.3, 0.4) is 0 Å². The molecule has 0 amide bonds. The number of hydrogen-bond donors (Lipinski definition) is 1. The third-order valence-corrected chi connectivity index (χ3v) is 9.00. The lowest BCUT2D eigenvalue weighted by molar-refractivity contribution is -0.201. The molecule has 0 aromatic carbocycles. The van der Waals surface area contributed by atoms with Crippen LogP contribution in [0, 0.1) is 28.6 Å². The van der Waals surface area contributed by atoms with Crippen molar-refractivity contribution in [3.05, 3.63) is 23.8 Å². The van der Waals surface area contributed by atoms with E-state index < -0.39 is 40.8 Å².